The predicted octanol–water partition coefficient (Wildman–Crippen LogP) is 1.63. The number of aliphatic carboxylic acids is 1. The van der Waals surface area contributed by atoms with E-state index in [2.05, 4.69) is 0 Å². The van der Waals surface area contributed by atoms with Gasteiger partial charge in [0.25, 0.3) is 0 Å². The number of amides is 1. The Balaban J connectivity index is 1.66. The number of hydrogen-bond donors (Lipinski definition) is 1. The van der Waals surface area contributed by atoms with Crippen LogP contribution in [0.3, 0.4) is 0 Å². The van der Waals surface area contributed by atoms with Crippen molar-refractivity contribution in [3.8, 4) is 0 Å². The Labute approximate surface area is 138 Å². The normalized spacial score (nSPS) is 26.5. The van der Waals surface area contributed by atoms with Gasteiger partial charge in [0.05, 0.1) is 5.41 Å². The molecule has 2 fully saturated rings. The molecule has 7 heteroatoms. The fourth-order valence-corrected chi connectivity index (χ4v) is 4.90. The van der Waals surface area contributed by atoms with E-state index in [4.69, 9.17) is 0 Å². The van der Waals surface area contributed by atoms with Gasteiger partial charge in [0, 0.05) is 36.6 Å². The first-order valence-corrected chi connectivity index (χ1v) is 8.85. The Hall–Kier alpha value is -1.63. The van der Waals surface area contributed by atoms with Crippen LogP contribution >= 0.6 is 11.3 Å². The van der Waals surface area contributed by atoms with E-state index < -0.39 is 11.4 Å². The lowest BCUT2D eigenvalue weighted by atomic mass is 9.81. The van der Waals surface area contributed by atoms with Gasteiger partial charge in [-0.15, -0.1) is 0 Å². The molecule has 1 amide bonds. The molecule has 1 saturated heterocycles. The number of nitrogens with zero attached hydrogens (tertiary/aromatic N) is 2. The highest BCUT2D eigenvalue weighted by Gasteiger charge is 2.55. The van der Waals surface area contributed by atoms with Crippen molar-refractivity contribution in [3.63, 3.8) is 0 Å². The summed E-state index contributed by atoms with van der Waals surface area (Å²) in [7, 11) is 0. The van der Waals surface area contributed by atoms with Gasteiger partial charge < -0.3 is 14.6 Å². The molecule has 1 aromatic heterocycles. The van der Waals surface area contributed by atoms with E-state index >= 15 is 0 Å². The first-order valence-electron chi connectivity index (χ1n) is 8.03. The maximum Gasteiger partial charge on any atom is 0.311 e. The van der Waals surface area contributed by atoms with Crippen LogP contribution in [0.2, 0.25) is 0 Å². The van der Waals surface area contributed by atoms with E-state index in [0.29, 0.717) is 26.1 Å². The average molecular weight is 338 g/mol. The highest BCUT2D eigenvalue weighted by atomic mass is 32.1. The third kappa shape index (κ3) is 2.60. The van der Waals surface area contributed by atoms with E-state index in [9.17, 15) is 19.5 Å². The average Bonchev–Trinajstić information content (AvgIpc) is 3.10. The number of likely N-dealkylation sites (tertiary alicyclic amines) is 1. The summed E-state index contributed by atoms with van der Waals surface area (Å²) in [5, 5.41) is 9.58. The lowest BCUT2D eigenvalue weighted by molar-refractivity contribution is -0.149. The molecule has 1 saturated carbocycles. The third-order valence-corrected chi connectivity index (χ3v) is 6.57. The molecule has 0 unspecified atom stereocenters. The molecule has 2 aliphatic rings. The summed E-state index contributed by atoms with van der Waals surface area (Å²) >= 11 is 1.20. The number of aromatic nitrogens is 1. The number of thiazole rings is 1. The molecule has 3 rings (SSSR count). The lowest BCUT2D eigenvalue weighted by Gasteiger charge is -2.23. The topological polar surface area (TPSA) is 79.6 Å². The number of carboxylic acids is 1. The Morgan fingerprint density at radius 3 is 2.70 bits per heavy atom. The standard InChI is InChI=1S/C16H22N2O4S/c1-10-11(2)23-15(22)18(10)7-5-13(19)17-8-12-4-3-6-16(12,9-17)14(20)21/h12H,3-9H2,1-2H3,(H,20,21)/t12-,16+/m0/s1. The van der Waals surface area contributed by atoms with Gasteiger partial charge in [0.15, 0.2) is 0 Å². The number of carbonyl (C=O) groups is 2. The molecule has 0 spiro atoms. The quantitative estimate of drug-likeness (QED) is 0.905. The summed E-state index contributed by atoms with van der Waals surface area (Å²) in [5.74, 6) is -0.734. The van der Waals surface area contributed by atoms with Gasteiger partial charge in [-0.25, -0.2) is 0 Å². The monoisotopic (exact) mass is 338 g/mol. The van der Waals surface area contributed by atoms with Crippen LogP contribution in [0.4, 0.5) is 0 Å². The molecule has 2 heterocycles. The molecule has 0 aromatic carbocycles. The van der Waals surface area contributed by atoms with Crippen molar-refractivity contribution in [3.05, 3.63) is 20.2 Å². The Bertz CT molecular complexity index is 707. The van der Waals surface area contributed by atoms with Gasteiger partial charge in [-0.3, -0.25) is 14.4 Å². The molecule has 0 bridgehead atoms. The summed E-state index contributed by atoms with van der Waals surface area (Å²) in [6.07, 6.45) is 2.73. The van der Waals surface area contributed by atoms with Crippen molar-refractivity contribution in [1.29, 1.82) is 0 Å². The third-order valence-electron chi connectivity index (χ3n) is 5.57. The molecular weight excluding hydrogens is 316 g/mol. The van der Waals surface area contributed by atoms with Crippen LogP contribution in [0.15, 0.2) is 4.79 Å². The van der Waals surface area contributed by atoms with Gasteiger partial charge in [-0.05, 0) is 32.6 Å². The van der Waals surface area contributed by atoms with Crippen LogP contribution in [0, 0.1) is 25.2 Å². The first-order chi connectivity index (χ1) is 10.8. The highest BCUT2D eigenvalue weighted by Crippen LogP contribution is 2.48. The summed E-state index contributed by atoms with van der Waals surface area (Å²) < 4.78 is 1.64. The van der Waals surface area contributed by atoms with Gasteiger partial charge in [-0.2, -0.15) is 0 Å². The van der Waals surface area contributed by atoms with E-state index in [1.54, 1.807) is 9.47 Å². The summed E-state index contributed by atoms with van der Waals surface area (Å²) in [5.41, 5.74) is 0.176. The lowest BCUT2D eigenvalue weighted by Crippen LogP contribution is -2.37. The Morgan fingerprint density at radius 2 is 2.13 bits per heavy atom. The van der Waals surface area contributed by atoms with Crippen LogP contribution in [0.5, 0.6) is 0 Å². The van der Waals surface area contributed by atoms with Crippen molar-refractivity contribution < 1.29 is 14.7 Å². The SMILES string of the molecule is Cc1sc(=O)n(CCC(=O)N2C[C@@H]3CCC[C@@]3(C(=O)O)C2)c1C. The maximum absolute atomic E-state index is 12.5. The fourth-order valence-electron chi connectivity index (χ4n) is 4.04. The molecule has 6 nitrogen and oxygen atoms in total. The fraction of sp³-hybridized carbons (Fsp3) is 0.688. The second-order valence-corrected chi connectivity index (χ2v) is 7.90. The zero-order chi connectivity index (χ0) is 16.8. The zero-order valence-corrected chi connectivity index (χ0v) is 14.3. The van der Waals surface area contributed by atoms with Crippen molar-refractivity contribution >= 4 is 23.2 Å². The summed E-state index contributed by atoms with van der Waals surface area (Å²) in [6, 6.07) is 0. The number of carbonyl (C=O) groups excluding carboxylic acids is 1. The van der Waals surface area contributed by atoms with Crippen LogP contribution < -0.4 is 4.87 Å². The number of hydrogen-bond acceptors (Lipinski definition) is 4. The molecule has 1 aliphatic carbocycles. The van der Waals surface area contributed by atoms with Crippen molar-refractivity contribution in [1.82, 2.24) is 9.47 Å². The van der Waals surface area contributed by atoms with Crippen molar-refractivity contribution in [2.24, 2.45) is 11.3 Å². The Morgan fingerprint density at radius 1 is 1.39 bits per heavy atom. The summed E-state index contributed by atoms with van der Waals surface area (Å²) in [6.45, 7) is 5.02. The first kappa shape index (κ1) is 16.2. The van der Waals surface area contributed by atoms with Gasteiger partial charge in [-0.1, -0.05) is 17.8 Å². The van der Waals surface area contributed by atoms with E-state index in [-0.39, 0.29) is 23.1 Å². The van der Waals surface area contributed by atoms with Crippen molar-refractivity contribution in [2.45, 2.75) is 46.1 Å². The molecular formula is C16H22N2O4S. The highest BCUT2D eigenvalue weighted by molar-refractivity contribution is 7.09. The minimum Gasteiger partial charge on any atom is -0.481 e. The van der Waals surface area contributed by atoms with Gasteiger partial charge in [0.2, 0.25) is 5.91 Å². The largest absolute Gasteiger partial charge is 0.481 e. The zero-order valence-electron chi connectivity index (χ0n) is 13.5. The van der Waals surface area contributed by atoms with Crippen molar-refractivity contribution in [2.75, 3.05) is 13.1 Å². The van der Waals surface area contributed by atoms with Gasteiger partial charge >= 0.3 is 10.8 Å². The Kier molecular flexibility index (Phi) is 4.08. The molecule has 1 aromatic rings. The second kappa shape index (κ2) is 5.78. The van der Waals surface area contributed by atoms with E-state index in [0.717, 1.165) is 23.4 Å². The minimum absolute atomic E-state index is 0.0342. The number of rotatable bonds is 4. The maximum atomic E-state index is 12.5. The molecule has 1 aliphatic heterocycles. The van der Waals surface area contributed by atoms with Crippen LogP contribution in [0.25, 0.3) is 0 Å². The minimum atomic E-state index is -0.768. The van der Waals surface area contributed by atoms with Crippen LogP contribution in [-0.2, 0) is 16.1 Å². The molecule has 126 valence electrons. The molecule has 2 atom stereocenters. The van der Waals surface area contributed by atoms with E-state index in [1.807, 2.05) is 13.8 Å². The summed E-state index contributed by atoms with van der Waals surface area (Å²) in [4.78, 5) is 38.6. The predicted molar refractivity (Wildman–Crippen MR) is 86.7 cm³/mol. The second-order valence-electron chi connectivity index (χ2n) is 6.74. The van der Waals surface area contributed by atoms with Crippen LogP contribution in [0.1, 0.15) is 36.3 Å². The van der Waals surface area contributed by atoms with E-state index in [1.165, 1.54) is 11.3 Å². The number of fused-ring (bicyclic) bond motifs is 1. The van der Waals surface area contributed by atoms with Gasteiger partial charge in [0.1, 0.15) is 0 Å². The number of carboxylic acid groups (broad SMARTS) is 1. The number of aryl methyl sites for hydroxylation is 1. The van der Waals surface area contributed by atoms with Crippen LogP contribution in [-0.4, -0.2) is 39.5 Å². The molecule has 23 heavy (non-hydrogen) atoms. The molecule has 0 radical (unpaired) electrons. The smallest absolute Gasteiger partial charge is 0.311 e. The molecule has 1 N–H and O–H groups in total.